The Morgan fingerprint density at radius 1 is 1.17 bits per heavy atom. The molecule has 23 heavy (non-hydrogen) atoms. The van der Waals surface area contributed by atoms with E-state index in [1.54, 1.807) is 6.07 Å². The summed E-state index contributed by atoms with van der Waals surface area (Å²) in [6.45, 7) is 1.92. The summed E-state index contributed by atoms with van der Waals surface area (Å²) >= 11 is 3.39. The highest BCUT2D eigenvalue weighted by Crippen LogP contribution is 2.21. The molecular weight excluding hydrogens is 358 g/mol. The SMILES string of the molecule is Cc1cc(Br)ccc1NC(=O)c1ccnc(C(=O)NC2CC2)c1. The molecule has 1 fully saturated rings. The number of carbonyl (C=O) groups excluding carboxylic acids is 2. The monoisotopic (exact) mass is 373 g/mol. The lowest BCUT2D eigenvalue weighted by atomic mass is 10.1. The van der Waals surface area contributed by atoms with Crippen molar-refractivity contribution in [3.8, 4) is 0 Å². The number of nitrogens with one attached hydrogen (secondary N) is 2. The number of benzene rings is 1. The highest BCUT2D eigenvalue weighted by molar-refractivity contribution is 9.10. The van der Waals surface area contributed by atoms with Gasteiger partial charge in [0.15, 0.2) is 0 Å². The smallest absolute Gasteiger partial charge is 0.270 e. The van der Waals surface area contributed by atoms with E-state index in [1.165, 1.54) is 12.3 Å². The molecule has 0 unspecified atom stereocenters. The Bertz CT molecular complexity index is 772. The molecule has 0 saturated heterocycles. The molecule has 1 aliphatic carbocycles. The number of halogens is 1. The van der Waals surface area contributed by atoms with Crippen molar-refractivity contribution in [1.82, 2.24) is 10.3 Å². The first-order valence-corrected chi connectivity index (χ1v) is 8.16. The second-order valence-corrected chi connectivity index (χ2v) is 6.51. The number of hydrogen-bond donors (Lipinski definition) is 2. The fraction of sp³-hybridized carbons (Fsp3) is 0.235. The van der Waals surface area contributed by atoms with Gasteiger partial charge in [-0.15, -0.1) is 0 Å². The van der Waals surface area contributed by atoms with Gasteiger partial charge in [-0.2, -0.15) is 0 Å². The van der Waals surface area contributed by atoms with Gasteiger partial charge in [-0.05, 0) is 55.7 Å². The Morgan fingerprint density at radius 3 is 2.65 bits per heavy atom. The molecular formula is C17H16BrN3O2. The van der Waals surface area contributed by atoms with Gasteiger partial charge in [-0.3, -0.25) is 14.6 Å². The van der Waals surface area contributed by atoms with Crippen LogP contribution in [0.4, 0.5) is 5.69 Å². The molecule has 2 N–H and O–H groups in total. The van der Waals surface area contributed by atoms with E-state index >= 15 is 0 Å². The number of hydrogen-bond acceptors (Lipinski definition) is 3. The van der Waals surface area contributed by atoms with Crippen molar-refractivity contribution in [3.05, 3.63) is 57.8 Å². The molecule has 1 heterocycles. The molecule has 1 aromatic carbocycles. The molecule has 5 nitrogen and oxygen atoms in total. The normalized spacial score (nSPS) is 13.5. The Morgan fingerprint density at radius 2 is 1.96 bits per heavy atom. The van der Waals surface area contributed by atoms with Crippen LogP contribution in [0.3, 0.4) is 0 Å². The molecule has 1 saturated carbocycles. The third-order valence-electron chi connectivity index (χ3n) is 3.60. The van der Waals surface area contributed by atoms with Crippen LogP contribution in [-0.2, 0) is 0 Å². The summed E-state index contributed by atoms with van der Waals surface area (Å²) in [6, 6.07) is 8.99. The number of aryl methyl sites for hydroxylation is 1. The Kier molecular flexibility index (Phi) is 4.43. The molecule has 0 radical (unpaired) electrons. The maximum Gasteiger partial charge on any atom is 0.270 e. The van der Waals surface area contributed by atoms with E-state index in [0.717, 1.165) is 28.6 Å². The maximum atomic E-state index is 12.4. The van der Waals surface area contributed by atoms with E-state index in [4.69, 9.17) is 0 Å². The van der Waals surface area contributed by atoms with Gasteiger partial charge in [0, 0.05) is 28.0 Å². The van der Waals surface area contributed by atoms with E-state index in [0.29, 0.717) is 5.56 Å². The van der Waals surface area contributed by atoms with Crippen LogP contribution >= 0.6 is 15.9 Å². The van der Waals surface area contributed by atoms with Crippen molar-refractivity contribution in [1.29, 1.82) is 0 Å². The van der Waals surface area contributed by atoms with Gasteiger partial charge >= 0.3 is 0 Å². The van der Waals surface area contributed by atoms with Gasteiger partial charge in [0.25, 0.3) is 11.8 Å². The minimum atomic E-state index is -0.265. The highest BCUT2D eigenvalue weighted by Gasteiger charge is 2.24. The zero-order chi connectivity index (χ0) is 16.4. The number of nitrogens with zero attached hydrogens (tertiary/aromatic N) is 1. The zero-order valence-electron chi connectivity index (χ0n) is 12.6. The number of rotatable bonds is 4. The average molecular weight is 374 g/mol. The van der Waals surface area contributed by atoms with Crippen molar-refractivity contribution in [2.75, 3.05) is 5.32 Å². The largest absolute Gasteiger partial charge is 0.348 e. The third-order valence-corrected chi connectivity index (χ3v) is 4.10. The van der Waals surface area contributed by atoms with Gasteiger partial charge in [-0.1, -0.05) is 15.9 Å². The second-order valence-electron chi connectivity index (χ2n) is 5.59. The Balaban J connectivity index is 1.75. The van der Waals surface area contributed by atoms with Crippen LogP contribution in [0.5, 0.6) is 0 Å². The van der Waals surface area contributed by atoms with Crippen LogP contribution < -0.4 is 10.6 Å². The number of amides is 2. The first-order valence-electron chi connectivity index (χ1n) is 7.37. The van der Waals surface area contributed by atoms with Crippen molar-refractivity contribution >= 4 is 33.4 Å². The molecule has 3 rings (SSSR count). The van der Waals surface area contributed by atoms with Crippen LogP contribution in [0.25, 0.3) is 0 Å². The minimum Gasteiger partial charge on any atom is -0.348 e. The molecule has 1 aliphatic rings. The van der Waals surface area contributed by atoms with E-state index in [9.17, 15) is 9.59 Å². The van der Waals surface area contributed by atoms with E-state index in [-0.39, 0.29) is 23.6 Å². The third kappa shape index (κ3) is 3.96. The predicted molar refractivity (Wildman–Crippen MR) is 91.6 cm³/mol. The van der Waals surface area contributed by atoms with Crippen LogP contribution in [0.1, 0.15) is 39.3 Å². The zero-order valence-corrected chi connectivity index (χ0v) is 14.2. The fourth-order valence-corrected chi connectivity index (χ4v) is 2.62. The minimum absolute atomic E-state index is 0.234. The summed E-state index contributed by atoms with van der Waals surface area (Å²) < 4.78 is 0.955. The molecule has 118 valence electrons. The number of pyridine rings is 1. The summed E-state index contributed by atoms with van der Waals surface area (Å²) in [5, 5.41) is 5.72. The van der Waals surface area contributed by atoms with Gasteiger partial charge in [0.05, 0.1) is 0 Å². The standard InChI is InChI=1S/C17H16BrN3O2/c1-10-8-12(18)2-5-14(10)21-16(22)11-6-7-19-15(9-11)17(23)20-13-3-4-13/h2,5-9,13H,3-4H2,1H3,(H,20,23)(H,21,22). The molecule has 2 aromatic rings. The summed E-state index contributed by atoms with van der Waals surface area (Å²) in [5.74, 6) is -0.500. The van der Waals surface area contributed by atoms with Crippen molar-refractivity contribution in [3.63, 3.8) is 0 Å². The van der Waals surface area contributed by atoms with Gasteiger partial charge in [0.2, 0.25) is 0 Å². The summed E-state index contributed by atoms with van der Waals surface area (Å²) in [7, 11) is 0. The molecule has 0 atom stereocenters. The molecule has 0 aliphatic heterocycles. The van der Waals surface area contributed by atoms with Gasteiger partial charge in [0.1, 0.15) is 5.69 Å². The number of aromatic nitrogens is 1. The first-order chi connectivity index (χ1) is 11.0. The molecule has 2 amide bonds. The Labute approximate surface area is 142 Å². The summed E-state index contributed by atoms with van der Waals surface area (Å²) in [4.78, 5) is 28.4. The first kappa shape index (κ1) is 15.7. The number of carbonyl (C=O) groups is 2. The molecule has 0 spiro atoms. The highest BCUT2D eigenvalue weighted by atomic mass is 79.9. The van der Waals surface area contributed by atoms with Crippen molar-refractivity contribution < 1.29 is 9.59 Å². The van der Waals surface area contributed by atoms with Crippen LogP contribution in [0.2, 0.25) is 0 Å². The van der Waals surface area contributed by atoms with Crippen molar-refractivity contribution in [2.45, 2.75) is 25.8 Å². The van der Waals surface area contributed by atoms with Crippen LogP contribution in [0.15, 0.2) is 41.0 Å². The van der Waals surface area contributed by atoms with E-state index in [1.807, 2.05) is 25.1 Å². The molecule has 1 aromatic heterocycles. The van der Waals surface area contributed by atoms with Gasteiger partial charge in [-0.25, -0.2) is 0 Å². The lowest BCUT2D eigenvalue weighted by molar-refractivity contribution is 0.0946. The predicted octanol–water partition coefficient (Wildman–Crippen LogP) is 3.30. The quantitative estimate of drug-likeness (QED) is 0.863. The van der Waals surface area contributed by atoms with E-state index in [2.05, 4.69) is 31.5 Å². The molecule has 0 bridgehead atoms. The topological polar surface area (TPSA) is 71.1 Å². The van der Waals surface area contributed by atoms with Crippen LogP contribution in [-0.4, -0.2) is 22.8 Å². The average Bonchev–Trinajstić information content (AvgIpc) is 3.34. The lowest BCUT2D eigenvalue weighted by Gasteiger charge is -2.09. The fourth-order valence-electron chi connectivity index (χ4n) is 2.14. The number of anilines is 1. The van der Waals surface area contributed by atoms with E-state index < -0.39 is 0 Å². The summed E-state index contributed by atoms with van der Waals surface area (Å²) in [5.41, 5.74) is 2.35. The van der Waals surface area contributed by atoms with Crippen molar-refractivity contribution in [2.24, 2.45) is 0 Å². The second kappa shape index (κ2) is 6.50. The van der Waals surface area contributed by atoms with Gasteiger partial charge < -0.3 is 10.6 Å². The lowest BCUT2D eigenvalue weighted by Crippen LogP contribution is -2.26. The maximum absolute atomic E-state index is 12.4. The molecule has 6 heteroatoms. The summed E-state index contributed by atoms with van der Waals surface area (Å²) in [6.07, 6.45) is 3.49. The van der Waals surface area contributed by atoms with Crippen LogP contribution in [0, 0.1) is 6.92 Å². The Hall–Kier alpha value is -2.21.